The summed E-state index contributed by atoms with van der Waals surface area (Å²) in [6.45, 7) is 0.110. The summed E-state index contributed by atoms with van der Waals surface area (Å²) in [6, 6.07) is 6.69. The Morgan fingerprint density at radius 2 is 1.61 bits per heavy atom. The lowest BCUT2D eigenvalue weighted by Crippen LogP contribution is -2.49. The van der Waals surface area contributed by atoms with Gasteiger partial charge in [-0.25, -0.2) is 21.6 Å². The minimum atomic E-state index is -4.42. The van der Waals surface area contributed by atoms with E-state index in [0.717, 1.165) is 58.9 Å². The molecule has 1 aliphatic carbocycles. The minimum Gasteiger partial charge on any atom is -0.483 e. The fraction of sp³-hybridized carbons (Fsp3) is 0.360. The number of sulfonamides is 1. The highest BCUT2D eigenvalue weighted by molar-refractivity contribution is 7.89. The molecule has 202 valence electrons. The summed E-state index contributed by atoms with van der Waals surface area (Å²) >= 11 is 5.90. The number of nitrogens with zero attached hydrogens (tertiary/aromatic N) is 4. The van der Waals surface area contributed by atoms with Crippen LogP contribution in [0.4, 0.5) is 18.9 Å². The maximum absolute atomic E-state index is 14.2. The first kappa shape index (κ1) is 26.5. The predicted molar refractivity (Wildman–Crippen MR) is 135 cm³/mol. The molecule has 0 bridgehead atoms. The Bertz CT molecular complexity index is 1500. The predicted octanol–water partition coefficient (Wildman–Crippen LogP) is 4.14. The number of aromatic nitrogens is 2. The highest BCUT2D eigenvalue weighted by atomic mass is 35.5. The van der Waals surface area contributed by atoms with Crippen molar-refractivity contribution in [1.29, 1.82) is 0 Å². The molecule has 0 N–H and O–H groups in total. The molecule has 8 nitrogen and oxygen atoms in total. The van der Waals surface area contributed by atoms with E-state index in [2.05, 4.69) is 5.10 Å². The topological polar surface area (TPSA) is 84.7 Å². The Kier molecular flexibility index (Phi) is 7.38. The van der Waals surface area contributed by atoms with E-state index in [-0.39, 0.29) is 48.7 Å². The van der Waals surface area contributed by atoms with E-state index in [0.29, 0.717) is 5.69 Å². The van der Waals surface area contributed by atoms with Crippen molar-refractivity contribution >= 4 is 27.3 Å². The Hall–Kier alpha value is -3.09. The molecule has 2 fully saturated rings. The van der Waals surface area contributed by atoms with Gasteiger partial charge in [0.15, 0.2) is 4.90 Å². The van der Waals surface area contributed by atoms with E-state index in [1.54, 1.807) is 4.90 Å². The van der Waals surface area contributed by atoms with Crippen LogP contribution in [-0.4, -0.2) is 54.8 Å². The molecule has 2 heterocycles. The molecule has 13 heteroatoms. The molecule has 5 rings (SSSR count). The first-order chi connectivity index (χ1) is 18.2. The first-order valence-corrected chi connectivity index (χ1v) is 13.9. The van der Waals surface area contributed by atoms with Crippen molar-refractivity contribution in [3.63, 3.8) is 0 Å². The Labute approximate surface area is 222 Å². The van der Waals surface area contributed by atoms with Crippen molar-refractivity contribution in [2.75, 3.05) is 31.1 Å². The van der Waals surface area contributed by atoms with Crippen molar-refractivity contribution in [3.05, 3.63) is 75.4 Å². The molecule has 0 unspecified atom stereocenters. The van der Waals surface area contributed by atoms with Crippen LogP contribution in [0.2, 0.25) is 5.02 Å². The standard InChI is InChI=1S/C25H24ClF3N4O4S/c26-18-14-16(8-9-19(18)27)33-25(34)23(37-17-4-1-2-5-17)22(15-30-33)31-10-12-32(13-11-31)38(35,36)24-20(28)6-3-7-21(24)29/h3,6-9,14-15,17H,1-2,4-5,10-13H2. The van der Waals surface area contributed by atoms with Gasteiger partial charge in [-0.05, 0) is 56.0 Å². The molecule has 3 aromatic rings. The van der Waals surface area contributed by atoms with Crippen LogP contribution in [0.1, 0.15) is 25.7 Å². The normalized spacial score (nSPS) is 17.2. The number of ether oxygens (including phenoxy) is 1. The van der Waals surface area contributed by atoms with Crippen molar-refractivity contribution in [1.82, 2.24) is 14.1 Å². The zero-order chi connectivity index (χ0) is 27.0. The van der Waals surface area contributed by atoms with Crippen LogP contribution in [0, 0.1) is 17.5 Å². The monoisotopic (exact) mass is 568 g/mol. The SMILES string of the molecule is O=c1c(OC2CCCC2)c(N2CCN(S(=O)(=O)c3c(F)cccc3F)CC2)cnn1-c1ccc(F)c(Cl)c1. The summed E-state index contributed by atoms with van der Waals surface area (Å²) in [7, 11) is -4.42. The zero-order valence-corrected chi connectivity index (χ0v) is 21.7. The van der Waals surface area contributed by atoms with Crippen LogP contribution in [0.5, 0.6) is 5.75 Å². The highest BCUT2D eigenvalue weighted by Crippen LogP contribution is 2.31. The maximum Gasteiger partial charge on any atom is 0.316 e. The second-order valence-electron chi connectivity index (χ2n) is 9.14. The molecule has 0 radical (unpaired) electrons. The lowest BCUT2D eigenvalue weighted by atomic mass is 10.2. The van der Waals surface area contributed by atoms with Gasteiger partial charge in [0, 0.05) is 26.2 Å². The van der Waals surface area contributed by atoms with Crippen molar-refractivity contribution in [3.8, 4) is 11.4 Å². The molecule has 2 aromatic carbocycles. The number of hydrogen-bond donors (Lipinski definition) is 0. The van der Waals surface area contributed by atoms with E-state index < -0.39 is 37.9 Å². The fourth-order valence-corrected chi connectivity index (χ4v) is 6.47. The van der Waals surface area contributed by atoms with Gasteiger partial charge in [-0.2, -0.15) is 14.1 Å². The molecule has 1 saturated heterocycles. The molecular weight excluding hydrogens is 545 g/mol. The molecule has 38 heavy (non-hydrogen) atoms. The van der Waals surface area contributed by atoms with Gasteiger partial charge in [0.1, 0.15) is 23.1 Å². The Morgan fingerprint density at radius 1 is 0.947 bits per heavy atom. The quantitative estimate of drug-likeness (QED) is 0.444. The molecular formula is C25H24ClF3N4O4S. The van der Waals surface area contributed by atoms with E-state index in [1.807, 2.05) is 0 Å². The summed E-state index contributed by atoms with van der Waals surface area (Å²) < 4.78 is 76.3. The molecule has 1 aromatic heterocycles. The van der Waals surface area contributed by atoms with Gasteiger partial charge in [0.2, 0.25) is 15.8 Å². The maximum atomic E-state index is 14.2. The summed E-state index contributed by atoms with van der Waals surface area (Å²) in [5, 5.41) is 4.07. The van der Waals surface area contributed by atoms with Gasteiger partial charge >= 0.3 is 5.56 Å². The third kappa shape index (κ3) is 4.99. The van der Waals surface area contributed by atoms with Crippen LogP contribution < -0.4 is 15.2 Å². The summed E-state index contributed by atoms with van der Waals surface area (Å²) in [4.78, 5) is 14.3. The number of piperazine rings is 1. The van der Waals surface area contributed by atoms with Crippen molar-refractivity contribution < 1.29 is 26.3 Å². The van der Waals surface area contributed by atoms with E-state index in [4.69, 9.17) is 16.3 Å². The average molecular weight is 569 g/mol. The number of halogens is 4. The summed E-state index contributed by atoms with van der Waals surface area (Å²) in [5.41, 5.74) is 0.0630. The van der Waals surface area contributed by atoms with Crippen molar-refractivity contribution in [2.24, 2.45) is 0 Å². The van der Waals surface area contributed by atoms with E-state index in [9.17, 15) is 26.4 Å². The minimum absolute atomic E-state index is 0.0452. The third-order valence-corrected chi connectivity index (χ3v) is 8.99. The summed E-state index contributed by atoms with van der Waals surface area (Å²) in [6.07, 6.45) is 4.77. The van der Waals surface area contributed by atoms with E-state index >= 15 is 0 Å². The van der Waals surface area contributed by atoms with Crippen LogP contribution >= 0.6 is 11.6 Å². The molecule has 0 spiro atoms. The largest absolute Gasteiger partial charge is 0.483 e. The molecule has 0 atom stereocenters. The van der Waals surface area contributed by atoms with Gasteiger partial charge < -0.3 is 9.64 Å². The molecule has 2 aliphatic rings. The highest BCUT2D eigenvalue weighted by Gasteiger charge is 2.34. The fourth-order valence-electron chi connectivity index (χ4n) is 4.77. The smallest absolute Gasteiger partial charge is 0.316 e. The van der Waals surface area contributed by atoms with Crippen LogP contribution in [0.15, 0.2) is 52.3 Å². The number of hydrogen-bond acceptors (Lipinski definition) is 6. The van der Waals surface area contributed by atoms with Gasteiger partial charge in [-0.3, -0.25) is 4.79 Å². The molecule has 1 saturated carbocycles. The number of anilines is 1. The van der Waals surface area contributed by atoms with Gasteiger partial charge in [0.25, 0.3) is 0 Å². The number of rotatable bonds is 6. The first-order valence-electron chi connectivity index (χ1n) is 12.1. The zero-order valence-electron chi connectivity index (χ0n) is 20.1. The Morgan fingerprint density at radius 3 is 2.24 bits per heavy atom. The second kappa shape index (κ2) is 10.6. The average Bonchev–Trinajstić information content (AvgIpc) is 3.40. The number of benzene rings is 2. The lowest BCUT2D eigenvalue weighted by Gasteiger charge is -2.36. The van der Waals surface area contributed by atoms with Crippen molar-refractivity contribution in [2.45, 2.75) is 36.7 Å². The Balaban J connectivity index is 1.44. The third-order valence-electron chi connectivity index (χ3n) is 6.75. The van der Waals surface area contributed by atoms with Crippen LogP contribution in [-0.2, 0) is 10.0 Å². The van der Waals surface area contributed by atoms with Crippen LogP contribution in [0.3, 0.4) is 0 Å². The van der Waals surface area contributed by atoms with Gasteiger partial charge in [0.05, 0.1) is 23.0 Å². The molecule has 0 amide bonds. The van der Waals surface area contributed by atoms with E-state index in [1.165, 1.54) is 18.3 Å². The second-order valence-corrected chi connectivity index (χ2v) is 11.4. The summed E-state index contributed by atoms with van der Waals surface area (Å²) in [5.74, 6) is -2.91. The molecule has 1 aliphatic heterocycles. The van der Waals surface area contributed by atoms with Gasteiger partial charge in [-0.1, -0.05) is 17.7 Å². The lowest BCUT2D eigenvalue weighted by molar-refractivity contribution is 0.205. The van der Waals surface area contributed by atoms with Crippen LogP contribution in [0.25, 0.3) is 5.69 Å². The van der Waals surface area contributed by atoms with Gasteiger partial charge in [-0.15, -0.1) is 0 Å².